The average molecular weight is 421 g/mol. The third-order valence-electron chi connectivity index (χ3n) is 3.62. The van der Waals surface area contributed by atoms with E-state index in [9.17, 15) is 34.8 Å². The topological polar surface area (TPSA) is 78.0 Å². The summed E-state index contributed by atoms with van der Waals surface area (Å²) in [6.07, 6.45) is -3.10. The van der Waals surface area contributed by atoms with Crippen LogP contribution in [-0.4, -0.2) is 18.2 Å². The number of hydrogen-bond acceptors (Lipinski definition) is 3. The average Bonchev–Trinajstić information content (AvgIpc) is 2.97. The first-order valence-electron chi connectivity index (χ1n) is 7.34. The van der Waals surface area contributed by atoms with Gasteiger partial charge in [-0.25, -0.2) is 44.6 Å². The molecular formula is C16H9F6N3O2S. The molecule has 0 aliphatic carbocycles. The van der Waals surface area contributed by atoms with Crippen molar-refractivity contribution in [2.45, 2.75) is 11.3 Å². The van der Waals surface area contributed by atoms with E-state index in [0.29, 0.717) is 22.9 Å². The first-order chi connectivity index (χ1) is 13.0. The number of halogens is 6. The first kappa shape index (κ1) is 19.9. The second-order valence-corrected chi connectivity index (χ2v) is 7.11. The van der Waals surface area contributed by atoms with Crippen LogP contribution in [0.1, 0.15) is 12.1 Å². The summed E-state index contributed by atoms with van der Waals surface area (Å²) in [5.74, 6) is -5.24. The molecule has 0 radical (unpaired) electrons. The molecule has 0 fully saturated rings. The zero-order valence-electron chi connectivity index (χ0n) is 13.5. The summed E-state index contributed by atoms with van der Waals surface area (Å²) in [4.78, 5) is -1.41. The van der Waals surface area contributed by atoms with E-state index >= 15 is 0 Å². The Balaban J connectivity index is 2.28. The fraction of sp³-hybridized carbons (Fsp3) is 0.0625. The van der Waals surface area contributed by atoms with Crippen LogP contribution < -0.4 is 5.14 Å². The van der Waals surface area contributed by atoms with Crippen molar-refractivity contribution in [3.63, 3.8) is 0 Å². The molecule has 0 amide bonds. The predicted molar refractivity (Wildman–Crippen MR) is 85.2 cm³/mol. The van der Waals surface area contributed by atoms with Crippen LogP contribution in [0.15, 0.2) is 41.3 Å². The van der Waals surface area contributed by atoms with Gasteiger partial charge in [0.15, 0.2) is 4.90 Å². The van der Waals surface area contributed by atoms with Gasteiger partial charge in [-0.1, -0.05) is 0 Å². The van der Waals surface area contributed by atoms with Crippen molar-refractivity contribution in [3.8, 4) is 16.9 Å². The molecule has 0 saturated carbocycles. The van der Waals surface area contributed by atoms with Crippen molar-refractivity contribution in [3.05, 3.63) is 65.4 Å². The molecule has 0 saturated heterocycles. The fourth-order valence-corrected chi connectivity index (χ4v) is 3.21. The molecule has 0 bridgehead atoms. The quantitative estimate of drug-likeness (QED) is 0.653. The Labute approximate surface area is 154 Å². The summed E-state index contributed by atoms with van der Waals surface area (Å²) >= 11 is 0. The van der Waals surface area contributed by atoms with E-state index in [0.717, 1.165) is 18.2 Å². The van der Waals surface area contributed by atoms with Gasteiger partial charge in [0.25, 0.3) is 6.43 Å². The molecule has 12 heteroatoms. The van der Waals surface area contributed by atoms with E-state index in [1.165, 1.54) is 0 Å². The maximum Gasteiger partial charge on any atom is 0.282 e. The summed E-state index contributed by atoms with van der Waals surface area (Å²) in [6.45, 7) is 0. The molecule has 1 heterocycles. The van der Waals surface area contributed by atoms with Gasteiger partial charge in [0.05, 0.1) is 11.4 Å². The third-order valence-corrected chi connectivity index (χ3v) is 4.58. The van der Waals surface area contributed by atoms with Crippen LogP contribution in [0.5, 0.6) is 0 Å². The molecule has 3 rings (SSSR count). The molecule has 5 nitrogen and oxygen atoms in total. The standard InChI is InChI=1S/C16H9F6N3O2S/c17-8-3-9(18)5-10(4-8)25-14(6-13(24-25)16(21)22)7-1-11(19)15(12(20)2-7)28(23,26)27/h1-6,16H,(H2,23,26,27). The fourth-order valence-electron chi connectivity index (χ4n) is 2.55. The number of benzene rings is 2. The number of nitrogens with two attached hydrogens (primary N) is 1. The lowest BCUT2D eigenvalue weighted by Crippen LogP contribution is -2.16. The van der Waals surface area contributed by atoms with Gasteiger partial charge in [-0.15, -0.1) is 0 Å². The van der Waals surface area contributed by atoms with Crippen LogP contribution in [0.2, 0.25) is 0 Å². The predicted octanol–water partition coefficient (Wildman–Crippen LogP) is 3.68. The van der Waals surface area contributed by atoms with Crippen LogP contribution in [0.3, 0.4) is 0 Å². The van der Waals surface area contributed by atoms with E-state index < -0.39 is 55.9 Å². The number of nitrogens with zero attached hydrogens (tertiary/aromatic N) is 2. The minimum absolute atomic E-state index is 0.337. The van der Waals surface area contributed by atoms with E-state index in [1.807, 2.05) is 0 Å². The molecule has 28 heavy (non-hydrogen) atoms. The lowest BCUT2D eigenvalue weighted by Gasteiger charge is -2.10. The number of aromatic nitrogens is 2. The highest BCUT2D eigenvalue weighted by Gasteiger charge is 2.24. The van der Waals surface area contributed by atoms with Gasteiger partial charge in [0.1, 0.15) is 29.0 Å². The minimum atomic E-state index is -4.74. The highest BCUT2D eigenvalue weighted by Crippen LogP contribution is 2.31. The number of rotatable bonds is 4. The molecule has 2 aromatic carbocycles. The SMILES string of the molecule is NS(=O)(=O)c1c(F)cc(-c2cc(C(F)F)nn2-c2cc(F)cc(F)c2)cc1F. The Bertz CT molecular complexity index is 1130. The Morgan fingerprint density at radius 3 is 1.89 bits per heavy atom. The number of sulfonamides is 1. The second-order valence-electron chi connectivity index (χ2n) is 5.61. The highest BCUT2D eigenvalue weighted by atomic mass is 32.2. The number of primary sulfonamides is 1. The normalized spacial score (nSPS) is 12.0. The largest absolute Gasteiger partial charge is 0.282 e. The Hall–Kier alpha value is -2.86. The monoisotopic (exact) mass is 421 g/mol. The molecule has 148 valence electrons. The lowest BCUT2D eigenvalue weighted by molar-refractivity contribution is 0.145. The lowest BCUT2D eigenvalue weighted by atomic mass is 10.1. The summed E-state index contributed by atoms with van der Waals surface area (Å²) < 4.78 is 105. The number of hydrogen-bond donors (Lipinski definition) is 1. The van der Waals surface area contributed by atoms with Crippen LogP contribution >= 0.6 is 0 Å². The number of alkyl halides is 2. The Morgan fingerprint density at radius 1 is 0.893 bits per heavy atom. The van der Waals surface area contributed by atoms with Crippen molar-refractivity contribution in [2.24, 2.45) is 5.14 Å². The maximum absolute atomic E-state index is 14.1. The Kier molecular flexibility index (Phi) is 4.93. The van der Waals surface area contributed by atoms with Gasteiger partial charge in [0, 0.05) is 11.6 Å². The zero-order valence-corrected chi connectivity index (χ0v) is 14.3. The summed E-state index contributed by atoms with van der Waals surface area (Å²) in [5, 5.41) is 8.25. The summed E-state index contributed by atoms with van der Waals surface area (Å²) in [6, 6.07) is 3.86. The van der Waals surface area contributed by atoms with Crippen LogP contribution in [0, 0.1) is 23.3 Å². The summed E-state index contributed by atoms with van der Waals surface area (Å²) in [7, 11) is -4.74. The smallest absolute Gasteiger partial charge is 0.232 e. The van der Waals surface area contributed by atoms with E-state index in [4.69, 9.17) is 5.14 Å². The molecule has 3 aromatic rings. The van der Waals surface area contributed by atoms with Crippen molar-refractivity contribution in [1.29, 1.82) is 0 Å². The molecule has 0 unspecified atom stereocenters. The molecule has 0 atom stereocenters. The molecular weight excluding hydrogens is 412 g/mol. The van der Waals surface area contributed by atoms with Gasteiger partial charge in [-0.3, -0.25) is 0 Å². The second kappa shape index (κ2) is 6.95. The van der Waals surface area contributed by atoms with Crippen molar-refractivity contribution < 1.29 is 34.8 Å². The van der Waals surface area contributed by atoms with Gasteiger partial charge in [-0.2, -0.15) is 5.10 Å². The van der Waals surface area contributed by atoms with Crippen LogP contribution in [0.4, 0.5) is 26.3 Å². The molecule has 0 spiro atoms. The van der Waals surface area contributed by atoms with Crippen molar-refractivity contribution >= 4 is 10.0 Å². The molecule has 1 aromatic heterocycles. The maximum atomic E-state index is 14.1. The van der Waals surface area contributed by atoms with Crippen LogP contribution in [-0.2, 0) is 10.0 Å². The summed E-state index contributed by atoms with van der Waals surface area (Å²) in [5.41, 5.74) is -1.95. The highest BCUT2D eigenvalue weighted by molar-refractivity contribution is 7.89. The van der Waals surface area contributed by atoms with Gasteiger partial charge >= 0.3 is 0 Å². The first-order valence-corrected chi connectivity index (χ1v) is 8.89. The van der Waals surface area contributed by atoms with E-state index in [-0.39, 0.29) is 11.4 Å². The van der Waals surface area contributed by atoms with E-state index in [1.54, 1.807) is 0 Å². The molecule has 0 aliphatic rings. The minimum Gasteiger partial charge on any atom is -0.232 e. The molecule has 0 aliphatic heterocycles. The Morgan fingerprint density at radius 2 is 1.43 bits per heavy atom. The van der Waals surface area contributed by atoms with Gasteiger partial charge in [-0.05, 0) is 30.3 Å². The molecule has 2 N–H and O–H groups in total. The van der Waals surface area contributed by atoms with Crippen molar-refractivity contribution in [2.75, 3.05) is 0 Å². The zero-order chi connectivity index (χ0) is 20.8. The van der Waals surface area contributed by atoms with E-state index in [2.05, 4.69) is 5.10 Å². The van der Waals surface area contributed by atoms with Gasteiger partial charge < -0.3 is 0 Å². The van der Waals surface area contributed by atoms with Crippen molar-refractivity contribution in [1.82, 2.24) is 9.78 Å². The van der Waals surface area contributed by atoms with Crippen LogP contribution in [0.25, 0.3) is 16.9 Å². The van der Waals surface area contributed by atoms with Gasteiger partial charge in [0.2, 0.25) is 10.0 Å². The third kappa shape index (κ3) is 3.73.